The van der Waals surface area contributed by atoms with Crippen molar-refractivity contribution < 1.29 is 4.74 Å². The smallest absolute Gasteiger partial charge is 0.238 e. The number of hydrogen-bond donors (Lipinski definition) is 1. The SMILES string of the molecule is Cc1ccc(Sc2ccc(N)c(OC(C)(C)C)n2)cc1. The average Bonchev–Trinajstić information content (AvgIpc) is 2.34. The third-order valence-corrected chi connectivity index (χ3v) is 3.45. The predicted octanol–water partition coefficient (Wildman–Crippen LogP) is 4.30. The molecule has 2 aromatic rings. The molecule has 20 heavy (non-hydrogen) atoms. The van der Waals surface area contributed by atoms with Crippen LogP contribution >= 0.6 is 11.8 Å². The molecule has 0 aliphatic rings. The fraction of sp³-hybridized carbons (Fsp3) is 0.312. The molecule has 0 unspecified atom stereocenters. The van der Waals surface area contributed by atoms with Gasteiger partial charge in [0.05, 0.1) is 5.69 Å². The number of anilines is 1. The quantitative estimate of drug-likeness (QED) is 0.914. The summed E-state index contributed by atoms with van der Waals surface area (Å²) < 4.78 is 5.78. The number of benzene rings is 1. The Morgan fingerprint density at radius 3 is 2.30 bits per heavy atom. The van der Waals surface area contributed by atoms with Gasteiger partial charge in [0, 0.05) is 4.90 Å². The minimum absolute atomic E-state index is 0.311. The van der Waals surface area contributed by atoms with E-state index >= 15 is 0 Å². The Morgan fingerprint density at radius 2 is 1.70 bits per heavy atom. The van der Waals surface area contributed by atoms with E-state index in [1.54, 1.807) is 11.8 Å². The van der Waals surface area contributed by atoms with Crippen molar-refractivity contribution in [1.82, 2.24) is 4.98 Å². The molecular weight excluding hydrogens is 268 g/mol. The lowest BCUT2D eigenvalue weighted by molar-refractivity contribution is 0.124. The molecule has 1 aromatic carbocycles. The van der Waals surface area contributed by atoms with Gasteiger partial charge in [0.1, 0.15) is 10.6 Å². The van der Waals surface area contributed by atoms with Crippen LogP contribution in [0.5, 0.6) is 5.88 Å². The van der Waals surface area contributed by atoms with E-state index in [-0.39, 0.29) is 5.60 Å². The highest BCUT2D eigenvalue weighted by Crippen LogP contribution is 2.31. The summed E-state index contributed by atoms with van der Waals surface area (Å²) in [5.74, 6) is 0.495. The number of rotatable bonds is 3. The molecule has 1 heterocycles. The van der Waals surface area contributed by atoms with Crippen molar-refractivity contribution >= 4 is 17.4 Å². The van der Waals surface area contributed by atoms with Crippen LogP contribution in [0.4, 0.5) is 5.69 Å². The van der Waals surface area contributed by atoms with Gasteiger partial charge in [-0.2, -0.15) is 0 Å². The molecule has 1 aromatic heterocycles. The Labute approximate surface area is 124 Å². The van der Waals surface area contributed by atoms with Gasteiger partial charge < -0.3 is 10.5 Å². The van der Waals surface area contributed by atoms with Crippen molar-refractivity contribution in [3.8, 4) is 5.88 Å². The lowest BCUT2D eigenvalue weighted by Crippen LogP contribution is -2.24. The summed E-state index contributed by atoms with van der Waals surface area (Å²) in [7, 11) is 0. The summed E-state index contributed by atoms with van der Waals surface area (Å²) in [6, 6.07) is 12.1. The summed E-state index contributed by atoms with van der Waals surface area (Å²) in [5.41, 5.74) is 7.41. The largest absolute Gasteiger partial charge is 0.470 e. The van der Waals surface area contributed by atoms with E-state index < -0.39 is 0 Å². The highest BCUT2D eigenvalue weighted by atomic mass is 32.2. The standard InChI is InChI=1S/C16H20N2OS/c1-11-5-7-12(8-6-11)20-14-10-9-13(17)15(18-14)19-16(2,3)4/h5-10H,17H2,1-4H3. The second-order valence-electron chi connectivity index (χ2n) is 5.67. The topological polar surface area (TPSA) is 48.1 Å². The first kappa shape index (κ1) is 14.7. The summed E-state index contributed by atoms with van der Waals surface area (Å²) >= 11 is 1.60. The molecule has 0 atom stereocenters. The van der Waals surface area contributed by atoms with E-state index in [0.29, 0.717) is 11.6 Å². The highest BCUT2D eigenvalue weighted by Gasteiger charge is 2.15. The van der Waals surface area contributed by atoms with Crippen molar-refractivity contribution in [2.24, 2.45) is 0 Å². The van der Waals surface area contributed by atoms with Gasteiger partial charge in [-0.25, -0.2) is 4.98 Å². The monoisotopic (exact) mass is 288 g/mol. The fourth-order valence-corrected chi connectivity index (χ4v) is 2.37. The molecule has 0 bridgehead atoms. The first-order valence-corrected chi connectivity index (χ1v) is 7.35. The van der Waals surface area contributed by atoms with Crippen LogP contribution in [0.3, 0.4) is 0 Å². The lowest BCUT2D eigenvalue weighted by atomic mass is 10.2. The normalized spacial score (nSPS) is 11.4. The van der Waals surface area contributed by atoms with Crippen molar-refractivity contribution in [1.29, 1.82) is 0 Å². The second-order valence-corrected chi connectivity index (χ2v) is 6.77. The van der Waals surface area contributed by atoms with Crippen molar-refractivity contribution in [2.45, 2.75) is 43.2 Å². The van der Waals surface area contributed by atoms with E-state index in [1.807, 2.05) is 32.9 Å². The third-order valence-electron chi connectivity index (χ3n) is 2.51. The van der Waals surface area contributed by atoms with E-state index in [2.05, 4.69) is 36.2 Å². The average molecular weight is 288 g/mol. The highest BCUT2D eigenvalue weighted by molar-refractivity contribution is 7.99. The molecule has 0 fully saturated rings. The predicted molar refractivity (Wildman–Crippen MR) is 84.3 cm³/mol. The van der Waals surface area contributed by atoms with Crippen LogP contribution in [0.25, 0.3) is 0 Å². The molecule has 0 amide bonds. The van der Waals surface area contributed by atoms with Crippen LogP contribution < -0.4 is 10.5 Å². The molecule has 0 radical (unpaired) electrons. The van der Waals surface area contributed by atoms with Gasteiger partial charge >= 0.3 is 0 Å². The van der Waals surface area contributed by atoms with Crippen LogP contribution in [-0.2, 0) is 0 Å². The van der Waals surface area contributed by atoms with Crippen LogP contribution in [0.15, 0.2) is 46.3 Å². The minimum atomic E-state index is -0.311. The zero-order chi connectivity index (χ0) is 14.8. The lowest BCUT2D eigenvalue weighted by Gasteiger charge is -2.21. The molecule has 0 spiro atoms. The van der Waals surface area contributed by atoms with Crippen LogP contribution in [0.2, 0.25) is 0 Å². The van der Waals surface area contributed by atoms with Gasteiger partial charge in [-0.1, -0.05) is 29.5 Å². The maximum atomic E-state index is 5.91. The number of ether oxygens (including phenoxy) is 1. The van der Waals surface area contributed by atoms with Crippen LogP contribution in [-0.4, -0.2) is 10.6 Å². The first-order valence-electron chi connectivity index (χ1n) is 6.53. The molecular formula is C16H20N2OS. The molecule has 2 rings (SSSR count). The number of aryl methyl sites for hydroxylation is 1. The van der Waals surface area contributed by atoms with E-state index in [0.717, 1.165) is 9.92 Å². The Kier molecular flexibility index (Phi) is 4.23. The molecule has 4 heteroatoms. The van der Waals surface area contributed by atoms with E-state index in [4.69, 9.17) is 10.5 Å². The molecule has 0 saturated heterocycles. The van der Waals surface area contributed by atoms with E-state index in [1.165, 1.54) is 5.56 Å². The van der Waals surface area contributed by atoms with Gasteiger partial charge in [0.2, 0.25) is 5.88 Å². The number of nitrogens with zero attached hydrogens (tertiary/aromatic N) is 1. The molecule has 0 aliphatic carbocycles. The second kappa shape index (κ2) is 5.75. The molecule has 106 valence electrons. The van der Waals surface area contributed by atoms with Gasteiger partial charge in [-0.05, 0) is 52.0 Å². The van der Waals surface area contributed by atoms with Gasteiger partial charge in [-0.3, -0.25) is 0 Å². The number of nitrogens with two attached hydrogens (primary N) is 1. The Balaban J connectivity index is 2.20. The van der Waals surface area contributed by atoms with Gasteiger partial charge in [0.15, 0.2) is 0 Å². The van der Waals surface area contributed by atoms with Crippen molar-refractivity contribution in [3.05, 3.63) is 42.0 Å². The first-order chi connectivity index (χ1) is 9.33. The molecule has 3 nitrogen and oxygen atoms in total. The fourth-order valence-electron chi connectivity index (χ4n) is 1.59. The molecule has 0 saturated carbocycles. The van der Waals surface area contributed by atoms with Crippen LogP contribution in [0.1, 0.15) is 26.3 Å². The Hall–Kier alpha value is -1.68. The third kappa shape index (κ3) is 4.17. The number of hydrogen-bond acceptors (Lipinski definition) is 4. The van der Waals surface area contributed by atoms with Crippen LogP contribution in [0, 0.1) is 6.92 Å². The van der Waals surface area contributed by atoms with Crippen molar-refractivity contribution in [3.63, 3.8) is 0 Å². The summed E-state index contributed by atoms with van der Waals surface area (Å²) in [6.45, 7) is 8.01. The minimum Gasteiger partial charge on any atom is -0.470 e. The van der Waals surface area contributed by atoms with Crippen molar-refractivity contribution in [2.75, 3.05) is 5.73 Å². The summed E-state index contributed by atoms with van der Waals surface area (Å²) in [5, 5.41) is 0.877. The maximum absolute atomic E-state index is 5.91. The Morgan fingerprint density at radius 1 is 1.05 bits per heavy atom. The number of nitrogen functional groups attached to an aromatic ring is 1. The Bertz CT molecular complexity index is 588. The molecule has 0 aliphatic heterocycles. The number of aromatic nitrogens is 1. The number of pyridine rings is 1. The van der Waals surface area contributed by atoms with E-state index in [9.17, 15) is 0 Å². The zero-order valence-electron chi connectivity index (χ0n) is 12.3. The summed E-state index contributed by atoms with van der Waals surface area (Å²) in [6.07, 6.45) is 0. The summed E-state index contributed by atoms with van der Waals surface area (Å²) in [4.78, 5) is 5.64. The maximum Gasteiger partial charge on any atom is 0.238 e. The zero-order valence-corrected chi connectivity index (χ0v) is 13.1. The van der Waals surface area contributed by atoms with Gasteiger partial charge in [-0.15, -0.1) is 0 Å². The molecule has 2 N–H and O–H groups in total. The van der Waals surface area contributed by atoms with Gasteiger partial charge in [0.25, 0.3) is 0 Å².